The molecule has 1 aliphatic heterocycles. The molecule has 0 bridgehead atoms. The molecule has 5 rings (SSSR count). The standard InChI is InChI=1S/C19H17ClF2N2O.C8H11N/c1-19(2)15(25)6-11-14(24-19)7-13(21)16(17(11)22)10-5-3-4-9-12(20)8-23-18(9)10;1-9-7-8-5-3-2-4-6-8/h3-5,7-8,15,23-25H,6H2,1-2H3;2-6,9H,7H2,1H3/t15-;/m1./s1. The Balaban J connectivity index is 0.000000257. The molecule has 1 aromatic heterocycles. The number of nitrogens with one attached hydrogen (secondary N) is 3. The second kappa shape index (κ2) is 9.74. The average molecular weight is 484 g/mol. The number of rotatable bonds is 3. The van der Waals surface area contributed by atoms with E-state index in [1.807, 2.05) is 25.2 Å². The maximum atomic E-state index is 15.2. The summed E-state index contributed by atoms with van der Waals surface area (Å²) < 4.78 is 30.0. The lowest BCUT2D eigenvalue weighted by atomic mass is 9.84. The molecule has 0 saturated carbocycles. The Morgan fingerprint density at radius 1 is 1.12 bits per heavy atom. The smallest absolute Gasteiger partial charge is 0.139 e. The molecule has 3 aromatic carbocycles. The van der Waals surface area contributed by atoms with Crippen molar-refractivity contribution < 1.29 is 13.9 Å². The number of aliphatic hydroxyl groups excluding tert-OH is 1. The minimum atomic E-state index is -0.775. The third kappa shape index (κ3) is 4.67. The molecule has 0 fully saturated rings. The molecule has 0 amide bonds. The van der Waals surface area contributed by atoms with E-state index in [1.54, 1.807) is 38.2 Å². The Hall–Kier alpha value is -2.93. The van der Waals surface area contributed by atoms with Crippen LogP contribution in [0.5, 0.6) is 0 Å². The van der Waals surface area contributed by atoms with Crippen LogP contribution in [-0.2, 0) is 13.0 Å². The van der Waals surface area contributed by atoms with E-state index in [9.17, 15) is 9.50 Å². The zero-order valence-corrected chi connectivity index (χ0v) is 20.1. The minimum absolute atomic E-state index is 0.114. The SMILES string of the molecule is CC1(C)Nc2cc(F)c(-c3cccc4c(Cl)c[nH]c34)c(F)c2C[C@H]1O.CNCc1ccccc1. The number of aliphatic hydroxyl groups is 1. The van der Waals surface area contributed by atoms with Crippen LogP contribution in [0.1, 0.15) is 25.0 Å². The fourth-order valence-electron chi connectivity index (χ4n) is 4.23. The number of H-pyrrole nitrogens is 1. The first-order chi connectivity index (χ1) is 16.2. The van der Waals surface area contributed by atoms with Gasteiger partial charge < -0.3 is 20.7 Å². The summed E-state index contributed by atoms with van der Waals surface area (Å²) in [5.74, 6) is -1.32. The molecule has 0 radical (unpaired) electrons. The van der Waals surface area contributed by atoms with Gasteiger partial charge in [-0.25, -0.2) is 8.78 Å². The number of anilines is 1. The molecule has 34 heavy (non-hydrogen) atoms. The van der Waals surface area contributed by atoms with Gasteiger partial charge in [-0.05, 0) is 32.5 Å². The monoisotopic (exact) mass is 483 g/mol. The first-order valence-electron chi connectivity index (χ1n) is 11.1. The van der Waals surface area contributed by atoms with Crippen molar-refractivity contribution in [2.75, 3.05) is 12.4 Å². The predicted octanol–water partition coefficient (Wildman–Crippen LogP) is 6.28. The fraction of sp³-hybridized carbons (Fsp3) is 0.259. The number of para-hydroxylation sites is 1. The zero-order valence-electron chi connectivity index (χ0n) is 19.3. The molecule has 1 aliphatic rings. The van der Waals surface area contributed by atoms with Crippen molar-refractivity contribution in [2.45, 2.75) is 38.5 Å². The highest BCUT2D eigenvalue weighted by Crippen LogP contribution is 2.40. The third-order valence-corrected chi connectivity index (χ3v) is 6.48. The lowest BCUT2D eigenvalue weighted by Gasteiger charge is -2.38. The van der Waals surface area contributed by atoms with Crippen LogP contribution in [0.2, 0.25) is 5.02 Å². The number of halogens is 3. The average Bonchev–Trinajstić information content (AvgIpc) is 3.18. The molecule has 178 valence electrons. The van der Waals surface area contributed by atoms with Crippen molar-refractivity contribution in [3.63, 3.8) is 0 Å². The van der Waals surface area contributed by atoms with Crippen LogP contribution >= 0.6 is 11.6 Å². The topological polar surface area (TPSA) is 60.1 Å². The quantitative estimate of drug-likeness (QED) is 0.277. The Kier molecular flexibility index (Phi) is 6.94. The molecule has 0 unspecified atom stereocenters. The van der Waals surface area contributed by atoms with E-state index in [2.05, 4.69) is 27.8 Å². The number of aromatic amines is 1. The number of aromatic nitrogens is 1. The van der Waals surface area contributed by atoms with Crippen molar-refractivity contribution in [1.82, 2.24) is 10.3 Å². The maximum Gasteiger partial charge on any atom is 0.139 e. The Morgan fingerprint density at radius 3 is 2.56 bits per heavy atom. The Labute approximate surface area is 203 Å². The van der Waals surface area contributed by atoms with Crippen molar-refractivity contribution in [3.8, 4) is 11.1 Å². The second-order valence-electron chi connectivity index (χ2n) is 9.02. The van der Waals surface area contributed by atoms with E-state index < -0.39 is 23.3 Å². The molecule has 1 atom stereocenters. The molecule has 4 N–H and O–H groups in total. The first kappa shape index (κ1) is 24.2. The van der Waals surface area contributed by atoms with Gasteiger partial charge in [-0.3, -0.25) is 0 Å². The van der Waals surface area contributed by atoms with Gasteiger partial charge in [0.25, 0.3) is 0 Å². The van der Waals surface area contributed by atoms with Crippen molar-refractivity contribution >= 4 is 28.2 Å². The van der Waals surface area contributed by atoms with E-state index >= 15 is 4.39 Å². The number of hydrogen-bond donors (Lipinski definition) is 4. The van der Waals surface area contributed by atoms with E-state index in [4.69, 9.17) is 11.6 Å². The van der Waals surface area contributed by atoms with Crippen LogP contribution in [0.4, 0.5) is 14.5 Å². The normalized spacial score (nSPS) is 16.4. The molecular weight excluding hydrogens is 456 g/mol. The molecule has 2 heterocycles. The van der Waals surface area contributed by atoms with E-state index in [1.165, 1.54) is 11.6 Å². The van der Waals surface area contributed by atoms with E-state index in [0.29, 0.717) is 27.2 Å². The molecule has 7 heteroatoms. The van der Waals surface area contributed by atoms with Gasteiger partial charge in [0, 0.05) is 41.4 Å². The highest BCUT2D eigenvalue weighted by molar-refractivity contribution is 6.36. The largest absolute Gasteiger partial charge is 0.390 e. The van der Waals surface area contributed by atoms with Crippen LogP contribution in [0.15, 0.2) is 60.8 Å². The third-order valence-electron chi connectivity index (χ3n) is 6.16. The molecular formula is C27H28ClF2N3O. The van der Waals surface area contributed by atoms with Crippen LogP contribution in [0.3, 0.4) is 0 Å². The summed E-state index contributed by atoms with van der Waals surface area (Å²) in [6.45, 7) is 4.55. The highest BCUT2D eigenvalue weighted by Gasteiger charge is 2.36. The van der Waals surface area contributed by atoms with E-state index in [-0.39, 0.29) is 17.5 Å². The Morgan fingerprint density at radius 2 is 1.85 bits per heavy atom. The molecule has 4 aromatic rings. The van der Waals surface area contributed by atoms with Crippen LogP contribution < -0.4 is 10.6 Å². The fourth-order valence-corrected chi connectivity index (χ4v) is 4.44. The molecule has 0 spiro atoms. The highest BCUT2D eigenvalue weighted by atomic mass is 35.5. The summed E-state index contributed by atoms with van der Waals surface area (Å²) in [5, 5.41) is 17.6. The van der Waals surface area contributed by atoms with E-state index in [0.717, 1.165) is 6.54 Å². The van der Waals surface area contributed by atoms with Gasteiger partial charge >= 0.3 is 0 Å². The summed E-state index contributed by atoms with van der Waals surface area (Å²) >= 11 is 6.12. The number of benzene rings is 3. The van der Waals surface area contributed by atoms with Crippen molar-refractivity contribution in [2.24, 2.45) is 0 Å². The van der Waals surface area contributed by atoms with Crippen LogP contribution in [0, 0.1) is 11.6 Å². The predicted molar refractivity (Wildman–Crippen MR) is 135 cm³/mol. The van der Waals surface area contributed by atoms with Gasteiger partial charge in [0.15, 0.2) is 0 Å². The molecule has 0 saturated heterocycles. The van der Waals surface area contributed by atoms with Gasteiger partial charge in [0.2, 0.25) is 0 Å². The Bertz CT molecular complexity index is 1300. The minimum Gasteiger partial charge on any atom is -0.390 e. The van der Waals surface area contributed by atoms with Gasteiger partial charge in [-0.1, -0.05) is 60.1 Å². The van der Waals surface area contributed by atoms with Gasteiger partial charge in [-0.2, -0.15) is 0 Å². The summed E-state index contributed by atoms with van der Waals surface area (Å²) in [5.41, 5.74) is 2.22. The van der Waals surface area contributed by atoms with Gasteiger partial charge in [0.1, 0.15) is 11.6 Å². The zero-order chi connectivity index (χ0) is 24.5. The summed E-state index contributed by atoms with van der Waals surface area (Å²) in [7, 11) is 1.95. The first-order valence-corrected chi connectivity index (χ1v) is 11.5. The summed E-state index contributed by atoms with van der Waals surface area (Å²) in [6.07, 6.45) is 0.941. The lowest BCUT2D eigenvalue weighted by molar-refractivity contribution is 0.109. The summed E-state index contributed by atoms with van der Waals surface area (Å²) in [4.78, 5) is 2.98. The summed E-state index contributed by atoms with van der Waals surface area (Å²) in [6, 6.07) is 16.8. The van der Waals surface area contributed by atoms with Crippen LogP contribution in [-0.4, -0.2) is 28.8 Å². The van der Waals surface area contributed by atoms with Crippen molar-refractivity contribution in [3.05, 3.63) is 88.6 Å². The van der Waals surface area contributed by atoms with Crippen LogP contribution in [0.25, 0.3) is 22.0 Å². The number of fused-ring (bicyclic) bond motifs is 2. The number of hydrogen-bond acceptors (Lipinski definition) is 3. The van der Waals surface area contributed by atoms with Crippen molar-refractivity contribution in [1.29, 1.82) is 0 Å². The maximum absolute atomic E-state index is 15.2. The lowest BCUT2D eigenvalue weighted by Crippen LogP contribution is -2.48. The molecule has 4 nitrogen and oxygen atoms in total. The van der Waals surface area contributed by atoms with Gasteiger partial charge in [0.05, 0.1) is 27.7 Å². The molecule has 0 aliphatic carbocycles. The van der Waals surface area contributed by atoms with Gasteiger partial charge in [-0.15, -0.1) is 0 Å². The second-order valence-corrected chi connectivity index (χ2v) is 9.43.